The number of carbonyl (C=O) groups excluding carboxylic acids is 1. The van der Waals surface area contributed by atoms with Crippen molar-refractivity contribution in [1.29, 1.82) is 5.26 Å². The van der Waals surface area contributed by atoms with Crippen LogP contribution in [0.3, 0.4) is 0 Å². The Kier molecular flexibility index (Phi) is 4.26. The number of hydrogen-bond donors (Lipinski definition) is 2. The number of rotatable bonds is 3. The predicted octanol–water partition coefficient (Wildman–Crippen LogP) is 4.48. The van der Waals surface area contributed by atoms with Gasteiger partial charge in [-0.15, -0.1) is 0 Å². The Hall–Kier alpha value is -2.84. The van der Waals surface area contributed by atoms with Crippen LogP contribution in [-0.2, 0) is 4.79 Å². The maximum atomic E-state index is 12.3. The van der Waals surface area contributed by atoms with Crippen molar-refractivity contribution in [2.45, 2.75) is 0 Å². The number of H-pyrrole nitrogens is 1. The largest absolute Gasteiger partial charge is 0.361 e. The summed E-state index contributed by atoms with van der Waals surface area (Å²) in [4.78, 5) is 15.4. The second kappa shape index (κ2) is 6.51. The number of aromatic amines is 1. The molecule has 0 spiro atoms. The topological polar surface area (TPSA) is 68.7 Å². The molecule has 0 bridgehead atoms. The van der Waals surface area contributed by atoms with Gasteiger partial charge in [0.1, 0.15) is 11.6 Å². The first kappa shape index (κ1) is 15.1. The molecule has 0 aliphatic rings. The van der Waals surface area contributed by atoms with E-state index in [-0.39, 0.29) is 5.57 Å². The molecule has 0 atom stereocenters. The molecular weight excluding hydrogens is 354 g/mol. The summed E-state index contributed by atoms with van der Waals surface area (Å²) in [6, 6.07) is 16.9. The zero-order valence-electron chi connectivity index (χ0n) is 12.0. The molecule has 3 aromatic rings. The lowest BCUT2D eigenvalue weighted by Gasteiger charge is -2.04. The van der Waals surface area contributed by atoms with Crippen molar-refractivity contribution in [2.75, 3.05) is 5.32 Å². The lowest BCUT2D eigenvalue weighted by molar-refractivity contribution is -0.112. The smallest absolute Gasteiger partial charge is 0.266 e. The summed E-state index contributed by atoms with van der Waals surface area (Å²) in [5, 5.41) is 13.0. The van der Waals surface area contributed by atoms with E-state index in [0.717, 1.165) is 20.9 Å². The molecule has 4 nitrogen and oxygen atoms in total. The lowest BCUT2D eigenvalue weighted by Crippen LogP contribution is -2.13. The number of fused-ring (bicyclic) bond motifs is 1. The number of amides is 1. The van der Waals surface area contributed by atoms with Crippen molar-refractivity contribution >= 4 is 44.5 Å². The normalized spacial score (nSPS) is 11.2. The van der Waals surface area contributed by atoms with Gasteiger partial charge in [-0.1, -0.05) is 40.2 Å². The summed E-state index contributed by atoms with van der Waals surface area (Å²) >= 11 is 3.35. The third-order valence-corrected chi connectivity index (χ3v) is 3.86. The number of para-hydroxylation sites is 1. The van der Waals surface area contributed by atoms with Crippen LogP contribution in [0.2, 0.25) is 0 Å². The highest BCUT2D eigenvalue weighted by molar-refractivity contribution is 9.10. The van der Waals surface area contributed by atoms with Gasteiger partial charge >= 0.3 is 0 Å². The van der Waals surface area contributed by atoms with E-state index in [1.165, 1.54) is 0 Å². The zero-order chi connectivity index (χ0) is 16.2. The number of benzene rings is 2. The first-order chi connectivity index (χ1) is 11.2. The van der Waals surface area contributed by atoms with E-state index < -0.39 is 5.91 Å². The monoisotopic (exact) mass is 365 g/mol. The summed E-state index contributed by atoms with van der Waals surface area (Å²) in [5.74, 6) is -0.434. The van der Waals surface area contributed by atoms with Crippen molar-refractivity contribution in [3.05, 3.63) is 70.3 Å². The summed E-state index contributed by atoms with van der Waals surface area (Å²) in [7, 11) is 0. The van der Waals surface area contributed by atoms with Gasteiger partial charge in [0, 0.05) is 32.8 Å². The van der Waals surface area contributed by atoms with Crippen molar-refractivity contribution in [3.63, 3.8) is 0 Å². The van der Waals surface area contributed by atoms with E-state index in [2.05, 4.69) is 26.2 Å². The van der Waals surface area contributed by atoms with Crippen LogP contribution in [-0.4, -0.2) is 10.9 Å². The van der Waals surface area contributed by atoms with E-state index >= 15 is 0 Å². The Morgan fingerprint density at radius 3 is 2.83 bits per heavy atom. The summed E-state index contributed by atoms with van der Waals surface area (Å²) in [6.45, 7) is 0. The molecular formula is C18H12BrN3O. The van der Waals surface area contributed by atoms with Crippen LogP contribution < -0.4 is 5.32 Å². The Labute approximate surface area is 141 Å². The summed E-state index contributed by atoms with van der Waals surface area (Å²) < 4.78 is 0.856. The molecule has 5 heteroatoms. The van der Waals surface area contributed by atoms with E-state index in [1.54, 1.807) is 24.4 Å². The Morgan fingerprint density at radius 2 is 2.04 bits per heavy atom. The number of nitrogens with one attached hydrogen (secondary N) is 2. The van der Waals surface area contributed by atoms with Gasteiger partial charge in [-0.3, -0.25) is 4.79 Å². The molecule has 3 rings (SSSR count). The molecule has 2 aromatic carbocycles. The van der Waals surface area contributed by atoms with Crippen LogP contribution in [0.4, 0.5) is 5.69 Å². The summed E-state index contributed by atoms with van der Waals surface area (Å²) in [5.41, 5.74) is 2.45. The summed E-state index contributed by atoms with van der Waals surface area (Å²) in [6.07, 6.45) is 3.38. The highest BCUT2D eigenvalue weighted by Gasteiger charge is 2.11. The molecule has 0 saturated carbocycles. The molecule has 1 amide bonds. The zero-order valence-corrected chi connectivity index (χ0v) is 13.6. The minimum absolute atomic E-state index is 0.0507. The second-order valence-corrected chi connectivity index (χ2v) is 5.84. The van der Waals surface area contributed by atoms with Gasteiger partial charge in [0.2, 0.25) is 0 Å². The molecule has 112 valence electrons. The van der Waals surface area contributed by atoms with E-state index in [1.807, 2.05) is 42.5 Å². The molecule has 0 radical (unpaired) electrons. The minimum Gasteiger partial charge on any atom is -0.361 e. The minimum atomic E-state index is -0.434. The highest BCUT2D eigenvalue weighted by Crippen LogP contribution is 2.21. The average Bonchev–Trinajstić information content (AvgIpc) is 2.95. The molecule has 2 N–H and O–H groups in total. The van der Waals surface area contributed by atoms with Crippen LogP contribution in [0.1, 0.15) is 5.56 Å². The van der Waals surface area contributed by atoms with Gasteiger partial charge in [0.05, 0.1) is 0 Å². The fourth-order valence-corrected chi connectivity index (χ4v) is 2.68. The molecule has 23 heavy (non-hydrogen) atoms. The second-order valence-electron chi connectivity index (χ2n) is 4.92. The molecule has 0 unspecified atom stereocenters. The molecule has 0 fully saturated rings. The van der Waals surface area contributed by atoms with Crippen molar-refractivity contribution < 1.29 is 4.79 Å². The van der Waals surface area contributed by atoms with Gasteiger partial charge in [-0.05, 0) is 30.3 Å². The fraction of sp³-hybridized carbons (Fsp3) is 0. The van der Waals surface area contributed by atoms with Crippen LogP contribution >= 0.6 is 15.9 Å². The molecule has 1 heterocycles. The van der Waals surface area contributed by atoms with Crippen molar-refractivity contribution in [3.8, 4) is 6.07 Å². The van der Waals surface area contributed by atoms with Crippen molar-refractivity contribution in [2.24, 2.45) is 0 Å². The van der Waals surface area contributed by atoms with Gasteiger partial charge in [-0.2, -0.15) is 5.26 Å². The number of carbonyl (C=O) groups is 1. The van der Waals surface area contributed by atoms with Gasteiger partial charge in [-0.25, -0.2) is 0 Å². The standard InChI is InChI=1S/C18H12BrN3O/c19-14-4-3-5-15(9-14)22-18(23)12(10-20)8-13-11-21-17-7-2-1-6-16(13)17/h1-9,11,21H,(H,22,23)/b12-8+. The van der Waals surface area contributed by atoms with Crippen LogP contribution in [0, 0.1) is 11.3 Å². The number of hydrogen-bond acceptors (Lipinski definition) is 2. The molecule has 1 aromatic heterocycles. The van der Waals surface area contributed by atoms with E-state index in [4.69, 9.17) is 0 Å². The van der Waals surface area contributed by atoms with Crippen LogP contribution in [0.5, 0.6) is 0 Å². The van der Waals surface area contributed by atoms with Gasteiger partial charge in [0.25, 0.3) is 5.91 Å². The average molecular weight is 366 g/mol. The Balaban J connectivity index is 1.90. The molecule has 0 aliphatic heterocycles. The van der Waals surface area contributed by atoms with Crippen LogP contribution in [0.15, 0.2) is 64.8 Å². The Bertz CT molecular complexity index is 950. The quantitative estimate of drug-likeness (QED) is 0.530. The molecule has 0 saturated heterocycles. The number of anilines is 1. The predicted molar refractivity (Wildman–Crippen MR) is 94.7 cm³/mol. The first-order valence-corrected chi connectivity index (χ1v) is 7.71. The number of halogens is 1. The lowest BCUT2D eigenvalue weighted by atomic mass is 10.1. The maximum absolute atomic E-state index is 12.3. The van der Waals surface area contributed by atoms with E-state index in [9.17, 15) is 10.1 Å². The highest BCUT2D eigenvalue weighted by atomic mass is 79.9. The van der Waals surface area contributed by atoms with Crippen molar-refractivity contribution in [1.82, 2.24) is 4.98 Å². The van der Waals surface area contributed by atoms with Crippen LogP contribution in [0.25, 0.3) is 17.0 Å². The number of nitriles is 1. The fourth-order valence-electron chi connectivity index (χ4n) is 2.28. The maximum Gasteiger partial charge on any atom is 0.266 e. The third-order valence-electron chi connectivity index (χ3n) is 3.37. The number of nitrogens with zero attached hydrogens (tertiary/aromatic N) is 1. The Morgan fingerprint density at radius 1 is 1.22 bits per heavy atom. The van der Waals surface area contributed by atoms with E-state index in [0.29, 0.717) is 5.69 Å². The molecule has 0 aliphatic carbocycles. The van der Waals surface area contributed by atoms with Gasteiger partial charge in [0.15, 0.2) is 0 Å². The van der Waals surface area contributed by atoms with Gasteiger partial charge < -0.3 is 10.3 Å². The first-order valence-electron chi connectivity index (χ1n) is 6.92. The number of aromatic nitrogens is 1. The SMILES string of the molecule is N#C/C(=C\c1c[nH]c2ccccc12)C(=O)Nc1cccc(Br)c1. The third kappa shape index (κ3) is 3.33.